The fourth-order valence-electron chi connectivity index (χ4n) is 5.06. The number of benzene rings is 4. The molecule has 2 fully saturated rings. The first kappa shape index (κ1) is 25.5. The summed E-state index contributed by atoms with van der Waals surface area (Å²) in [5.74, 6) is 0.643. The summed E-state index contributed by atoms with van der Waals surface area (Å²) in [6.45, 7) is 0. The van der Waals surface area contributed by atoms with Gasteiger partial charge in [-0.3, -0.25) is 9.59 Å². The van der Waals surface area contributed by atoms with E-state index in [9.17, 15) is 9.59 Å². The van der Waals surface area contributed by atoms with Crippen molar-refractivity contribution in [1.29, 1.82) is 0 Å². The van der Waals surface area contributed by atoms with Crippen molar-refractivity contribution in [3.8, 4) is 22.3 Å². The predicted octanol–water partition coefficient (Wildman–Crippen LogP) is 7.26. The van der Waals surface area contributed by atoms with E-state index in [0.717, 1.165) is 12.8 Å². The second-order valence-electron chi connectivity index (χ2n) is 9.92. The van der Waals surface area contributed by atoms with Crippen molar-refractivity contribution in [3.63, 3.8) is 0 Å². The number of hydrogen-bond donors (Lipinski definition) is 0. The van der Waals surface area contributed by atoms with Crippen LogP contribution in [0.15, 0.2) is 109 Å². The van der Waals surface area contributed by atoms with Crippen LogP contribution < -0.4 is 0 Å². The zero-order valence-electron chi connectivity index (χ0n) is 21.7. The summed E-state index contributed by atoms with van der Waals surface area (Å²) in [6, 6.07) is 37.6. The molecule has 2 saturated carbocycles. The number of rotatable bonds is 6. The molecule has 0 spiro atoms. The van der Waals surface area contributed by atoms with Crippen LogP contribution in [0.4, 0.5) is 0 Å². The molecule has 0 bridgehead atoms. The highest BCUT2D eigenvalue weighted by Gasteiger charge is 2.45. The Morgan fingerprint density at radius 1 is 0.500 bits per heavy atom. The first-order valence-electron chi connectivity index (χ1n) is 13.1. The van der Waals surface area contributed by atoms with Gasteiger partial charge in [0.1, 0.15) is 0 Å². The van der Waals surface area contributed by atoms with Crippen molar-refractivity contribution in [2.45, 2.75) is 24.7 Å². The largest absolute Gasteiger partial charge is 0.469 e. The third-order valence-corrected chi connectivity index (χ3v) is 7.48. The molecule has 192 valence electrons. The van der Waals surface area contributed by atoms with Gasteiger partial charge in [0.2, 0.25) is 0 Å². The average Bonchev–Trinajstić information content (AvgIpc) is 3.93. The maximum Gasteiger partial charge on any atom is 0.309 e. The molecule has 4 unspecified atom stereocenters. The van der Waals surface area contributed by atoms with Crippen molar-refractivity contribution >= 4 is 11.9 Å². The van der Waals surface area contributed by atoms with Crippen LogP contribution in [-0.4, -0.2) is 26.2 Å². The predicted molar refractivity (Wildman–Crippen MR) is 149 cm³/mol. The Morgan fingerprint density at radius 3 is 1.13 bits per heavy atom. The number of esters is 2. The lowest BCUT2D eigenvalue weighted by molar-refractivity contribution is -0.143. The maximum absolute atomic E-state index is 11.4. The molecular weight excluding hydrogens is 472 g/mol. The molecule has 2 aliphatic rings. The molecule has 0 heterocycles. The van der Waals surface area contributed by atoms with Gasteiger partial charge in [-0.1, -0.05) is 109 Å². The maximum atomic E-state index is 11.4. The third kappa shape index (κ3) is 5.86. The molecule has 4 heteroatoms. The Labute approximate surface area is 224 Å². The van der Waals surface area contributed by atoms with Crippen LogP contribution in [0.5, 0.6) is 0 Å². The lowest BCUT2D eigenvalue weighted by Crippen LogP contribution is -2.03. The first-order valence-corrected chi connectivity index (χ1v) is 13.1. The van der Waals surface area contributed by atoms with E-state index in [2.05, 4.69) is 72.8 Å². The van der Waals surface area contributed by atoms with E-state index in [1.807, 2.05) is 36.4 Å². The second-order valence-corrected chi connectivity index (χ2v) is 9.92. The molecule has 0 aromatic heterocycles. The van der Waals surface area contributed by atoms with Crippen LogP contribution in [-0.2, 0) is 19.1 Å². The lowest BCUT2D eigenvalue weighted by Gasteiger charge is -2.04. The van der Waals surface area contributed by atoms with E-state index >= 15 is 0 Å². The number of hydrogen-bond acceptors (Lipinski definition) is 4. The Balaban J connectivity index is 0.000000155. The van der Waals surface area contributed by atoms with Gasteiger partial charge in [-0.2, -0.15) is 0 Å². The van der Waals surface area contributed by atoms with Gasteiger partial charge in [-0.05, 0) is 58.1 Å². The summed E-state index contributed by atoms with van der Waals surface area (Å²) in [6.07, 6.45) is 1.83. The molecular formula is C34H32O4. The van der Waals surface area contributed by atoms with E-state index in [4.69, 9.17) is 9.47 Å². The zero-order valence-corrected chi connectivity index (χ0v) is 21.7. The average molecular weight is 505 g/mol. The minimum absolute atomic E-state index is 0.0626. The highest BCUT2D eigenvalue weighted by molar-refractivity contribution is 5.78. The molecule has 4 nitrogen and oxygen atoms in total. The van der Waals surface area contributed by atoms with Gasteiger partial charge in [0.15, 0.2) is 0 Å². The number of methoxy groups -OCH3 is 2. The van der Waals surface area contributed by atoms with Gasteiger partial charge in [-0.15, -0.1) is 0 Å². The summed E-state index contributed by atoms with van der Waals surface area (Å²) in [4.78, 5) is 22.8. The van der Waals surface area contributed by atoms with Gasteiger partial charge < -0.3 is 9.47 Å². The fourth-order valence-corrected chi connectivity index (χ4v) is 5.06. The monoisotopic (exact) mass is 504 g/mol. The molecule has 6 rings (SSSR count). The van der Waals surface area contributed by atoms with Gasteiger partial charge >= 0.3 is 11.9 Å². The van der Waals surface area contributed by atoms with Crippen LogP contribution >= 0.6 is 0 Å². The van der Waals surface area contributed by atoms with Gasteiger partial charge in [0, 0.05) is 0 Å². The number of carbonyl (C=O) groups excluding carboxylic acids is 2. The van der Waals surface area contributed by atoms with Crippen LogP contribution in [0, 0.1) is 11.8 Å². The van der Waals surface area contributed by atoms with Crippen molar-refractivity contribution in [3.05, 3.63) is 120 Å². The second kappa shape index (κ2) is 11.5. The van der Waals surface area contributed by atoms with Crippen molar-refractivity contribution in [2.24, 2.45) is 11.8 Å². The lowest BCUT2D eigenvalue weighted by atomic mass is 10.0. The molecule has 0 N–H and O–H groups in total. The minimum Gasteiger partial charge on any atom is -0.469 e. The fraction of sp³-hybridized carbons (Fsp3) is 0.235. The summed E-state index contributed by atoms with van der Waals surface area (Å²) in [5, 5.41) is 0. The Kier molecular flexibility index (Phi) is 7.69. The quantitative estimate of drug-likeness (QED) is 0.259. The zero-order chi connectivity index (χ0) is 26.5. The van der Waals surface area contributed by atoms with Gasteiger partial charge in [-0.25, -0.2) is 0 Å². The van der Waals surface area contributed by atoms with Gasteiger partial charge in [0.05, 0.1) is 26.1 Å². The number of ether oxygens (including phenoxy) is 2. The molecule has 38 heavy (non-hydrogen) atoms. The SMILES string of the molecule is COC(=O)C1CC1c1ccc(-c2ccccc2)cc1.COC(=O)C1CC1c1ccc(-c2ccccc2)cc1. The standard InChI is InChI=1S/2C17H16O2/c2*1-19-17(18)16-11-15(16)14-9-7-13(8-10-14)12-5-3-2-4-6-12/h2*2-10,15-16H,11H2,1H3. The Hall–Kier alpha value is -4.18. The van der Waals surface area contributed by atoms with Crippen LogP contribution in [0.3, 0.4) is 0 Å². The Bertz CT molecular complexity index is 1250. The molecule has 2 aliphatic carbocycles. The topological polar surface area (TPSA) is 52.6 Å². The smallest absolute Gasteiger partial charge is 0.309 e. The van der Waals surface area contributed by atoms with E-state index in [0.29, 0.717) is 11.8 Å². The van der Waals surface area contributed by atoms with Gasteiger partial charge in [0.25, 0.3) is 0 Å². The third-order valence-electron chi connectivity index (χ3n) is 7.48. The van der Waals surface area contributed by atoms with Crippen LogP contribution in [0.2, 0.25) is 0 Å². The van der Waals surface area contributed by atoms with E-state index in [1.54, 1.807) is 0 Å². The van der Waals surface area contributed by atoms with E-state index in [1.165, 1.54) is 47.6 Å². The highest BCUT2D eigenvalue weighted by Crippen LogP contribution is 2.49. The molecule has 4 aromatic rings. The van der Waals surface area contributed by atoms with E-state index in [-0.39, 0.29) is 23.8 Å². The van der Waals surface area contributed by atoms with Crippen molar-refractivity contribution in [2.75, 3.05) is 14.2 Å². The summed E-state index contributed by atoms with van der Waals surface area (Å²) < 4.78 is 9.56. The molecule has 4 aromatic carbocycles. The Morgan fingerprint density at radius 2 is 0.816 bits per heavy atom. The molecule has 0 saturated heterocycles. The normalized spacial score (nSPS) is 20.9. The molecule has 0 aliphatic heterocycles. The summed E-state index contributed by atoms with van der Waals surface area (Å²) in [5.41, 5.74) is 7.31. The van der Waals surface area contributed by atoms with E-state index < -0.39 is 0 Å². The molecule has 0 radical (unpaired) electrons. The van der Waals surface area contributed by atoms with Crippen molar-refractivity contribution in [1.82, 2.24) is 0 Å². The summed E-state index contributed by atoms with van der Waals surface area (Å²) >= 11 is 0. The molecule has 0 amide bonds. The van der Waals surface area contributed by atoms with Crippen LogP contribution in [0.1, 0.15) is 35.8 Å². The first-order chi connectivity index (χ1) is 18.6. The van der Waals surface area contributed by atoms with Crippen LogP contribution in [0.25, 0.3) is 22.3 Å². The number of carbonyl (C=O) groups is 2. The highest BCUT2D eigenvalue weighted by atomic mass is 16.5. The van der Waals surface area contributed by atoms with Crippen molar-refractivity contribution < 1.29 is 19.1 Å². The minimum atomic E-state index is -0.0860. The molecule has 4 atom stereocenters. The summed E-state index contributed by atoms with van der Waals surface area (Å²) in [7, 11) is 2.91.